The number of aliphatic hydroxyl groups excluding tert-OH is 1. The Balaban J connectivity index is 1.59. The summed E-state index contributed by atoms with van der Waals surface area (Å²) in [5.41, 5.74) is 1.29. The van der Waals surface area contributed by atoms with E-state index in [1.54, 1.807) is 62.4 Å². The molecule has 1 aliphatic rings. The minimum absolute atomic E-state index is 0.190. The molecule has 9 heteroatoms. The van der Waals surface area contributed by atoms with Crippen molar-refractivity contribution in [1.29, 1.82) is 0 Å². The number of hydroxylamine groups is 2. The van der Waals surface area contributed by atoms with Crippen molar-refractivity contribution in [3.8, 4) is 0 Å². The average Bonchev–Trinajstić information content (AvgIpc) is 3.03. The lowest BCUT2D eigenvalue weighted by atomic mass is 9.89. The summed E-state index contributed by atoms with van der Waals surface area (Å²) in [6.07, 6.45) is 0.0595. The van der Waals surface area contributed by atoms with Gasteiger partial charge in [0.15, 0.2) is 0 Å². The Kier molecular flexibility index (Phi) is 10.6. The first kappa shape index (κ1) is 30.6. The third kappa shape index (κ3) is 7.69. The van der Waals surface area contributed by atoms with Gasteiger partial charge in [-0.25, -0.2) is 14.4 Å². The molecule has 0 saturated carbocycles. The highest BCUT2D eigenvalue weighted by Gasteiger charge is 2.42. The van der Waals surface area contributed by atoms with Crippen LogP contribution >= 0.6 is 0 Å². The molecule has 9 nitrogen and oxygen atoms in total. The molecule has 3 atom stereocenters. The summed E-state index contributed by atoms with van der Waals surface area (Å²) in [5, 5.41) is 13.2. The fourth-order valence-corrected chi connectivity index (χ4v) is 5.18. The normalized spacial score (nSPS) is 16.5. The van der Waals surface area contributed by atoms with Gasteiger partial charge in [0.2, 0.25) is 0 Å². The summed E-state index contributed by atoms with van der Waals surface area (Å²) < 4.78 is 5.20. The molecule has 3 aromatic carbocycles. The number of piperidine rings is 1. The fourth-order valence-electron chi connectivity index (χ4n) is 5.18. The molecule has 3 unspecified atom stereocenters. The van der Waals surface area contributed by atoms with Gasteiger partial charge in [-0.1, -0.05) is 78.9 Å². The van der Waals surface area contributed by atoms with Gasteiger partial charge in [-0.2, -0.15) is 0 Å². The van der Waals surface area contributed by atoms with Crippen LogP contribution in [0.3, 0.4) is 0 Å². The summed E-state index contributed by atoms with van der Waals surface area (Å²) in [5.74, 6) is -2.66. The van der Waals surface area contributed by atoms with Crippen molar-refractivity contribution in [3.63, 3.8) is 0 Å². The van der Waals surface area contributed by atoms with E-state index in [1.807, 2.05) is 30.3 Å². The summed E-state index contributed by atoms with van der Waals surface area (Å²) in [4.78, 5) is 58.8. The lowest BCUT2D eigenvalue weighted by molar-refractivity contribution is -0.221. The van der Waals surface area contributed by atoms with Crippen LogP contribution in [0, 0.1) is 0 Å². The summed E-state index contributed by atoms with van der Waals surface area (Å²) >= 11 is 0. The maximum absolute atomic E-state index is 13.2. The second-order valence-corrected chi connectivity index (χ2v) is 10.6. The second kappa shape index (κ2) is 14.5. The van der Waals surface area contributed by atoms with Crippen molar-refractivity contribution in [3.05, 3.63) is 108 Å². The maximum atomic E-state index is 13.2. The molecule has 0 bridgehead atoms. The molecule has 1 aliphatic heterocycles. The third-order valence-electron chi connectivity index (χ3n) is 7.29. The van der Waals surface area contributed by atoms with Crippen LogP contribution in [-0.2, 0) is 20.8 Å². The van der Waals surface area contributed by atoms with Crippen LogP contribution in [0.2, 0.25) is 0 Å². The van der Waals surface area contributed by atoms with E-state index in [2.05, 4.69) is 0 Å². The quantitative estimate of drug-likeness (QED) is 0.121. The molecule has 1 N–H and O–H groups in total. The highest BCUT2D eigenvalue weighted by molar-refractivity contribution is 6.40. The van der Waals surface area contributed by atoms with Gasteiger partial charge >= 0.3 is 18.0 Å². The van der Waals surface area contributed by atoms with E-state index in [-0.39, 0.29) is 24.1 Å². The molecule has 0 radical (unpaired) electrons. The van der Waals surface area contributed by atoms with E-state index in [4.69, 9.17) is 9.57 Å². The fraction of sp³-hybridized carbons (Fsp3) is 0.333. The number of ether oxygens (including phenoxy) is 1. The van der Waals surface area contributed by atoms with Gasteiger partial charge in [0.05, 0.1) is 23.8 Å². The van der Waals surface area contributed by atoms with Crippen molar-refractivity contribution in [2.45, 2.75) is 63.8 Å². The third-order valence-corrected chi connectivity index (χ3v) is 7.29. The zero-order chi connectivity index (χ0) is 30.1. The van der Waals surface area contributed by atoms with Crippen LogP contribution in [0.15, 0.2) is 91.0 Å². The van der Waals surface area contributed by atoms with E-state index in [0.717, 1.165) is 12.0 Å². The monoisotopic (exact) mass is 572 g/mol. The van der Waals surface area contributed by atoms with E-state index in [1.165, 1.54) is 22.1 Å². The molecule has 0 aromatic heterocycles. The highest BCUT2D eigenvalue weighted by atomic mass is 16.7. The Morgan fingerprint density at radius 1 is 0.857 bits per heavy atom. The smallest absolute Gasteiger partial charge is 0.389 e. The zero-order valence-electron chi connectivity index (χ0n) is 23.8. The lowest BCUT2D eigenvalue weighted by Gasteiger charge is -2.43. The molecule has 220 valence electrons. The summed E-state index contributed by atoms with van der Waals surface area (Å²) in [6, 6.07) is 23.7. The number of aliphatic hydroxyl groups is 1. The molecule has 1 heterocycles. The van der Waals surface area contributed by atoms with Gasteiger partial charge in [-0.05, 0) is 57.2 Å². The molecule has 4 rings (SSSR count). The molecular weight excluding hydrogens is 536 g/mol. The Morgan fingerprint density at radius 3 is 2.02 bits per heavy atom. The standard InChI is InChI=1S/C33H36N2O7/c1-23(2)35(42-32(39)29(36)25-16-8-4-9-17-25)28(22-24-14-6-3-7-15-24)30(37)27-20-12-13-21-34(27)33(40)41-31(38)26-18-10-5-11-19-26/h3-11,14-19,23,27-28,30,37H,12-13,20-22H2,1-2H3. The van der Waals surface area contributed by atoms with E-state index in [9.17, 15) is 24.3 Å². The largest absolute Gasteiger partial charge is 0.418 e. The maximum Gasteiger partial charge on any atom is 0.418 e. The number of esters is 1. The number of rotatable bonds is 10. The number of hydrogen-bond donors (Lipinski definition) is 1. The molecule has 3 aromatic rings. The number of ketones is 1. The highest BCUT2D eigenvalue weighted by Crippen LogP contribution is 2.27. The molecule has 0 spiro atoms. The molecule has 1 amide bonds. The van der Waals surface area contributed by atoms with Crippen molar-refractivity contribution in [2.24, 2.45) is 0 Å². The molecule has 1 saturated heterocycles. The number of carbonyl (C=O) groups is 4. The molecule has 42 heavy (non-hydrogen) atoms. The number of carbonyl (C=O) groups excluding carboxylic acids is 4. The minimum atomic E-state index is -1.22. The summed E-state index contributed by atoms with van der Waals surface area (Å²) in [6.45, 7) is 3.86. The first-order chi connectivity index (χ1) is 20.3. The lowest BCUT2D eigenvalue weighted by Crippen LogP contribution is -2.59. The first-order valence-corrected chi connectivity index (χ1v) is 14.2. The number of nitrogens with zero attached hydrogens (tertiary/aromatic N) is 2. The van der Waals surface area contributed by atoms with E-state index >= 15 is 0 Å². The van der Waals surface area contributed by atoms with Gasteiger partial charge in [-0.3, -0.25) is 4.79 Å². The summed E-state index contributed by atoms with van der Waals surface area (Å²) in [7, 11) is 0. The van der Waals surface area contributed by atoms with Crippen LogP contribution in [-0.4, -0.2) is 69.7 Å². The van der Waals surface area contributed by atoms with Gasteiger partial charge in [0.25, 0.3) is 5.78 Å². The topological polar surface area (TPSA) is 113 Å². The average molecular weight is 573 g/mol. The van der Waals surface area contributed by atoms with E-state index < -0.39 is 48.0 Å². The van der Waals surface area contributed by atoms with Gasteiger partial charge < -0.3 is 19.6 Å². The van der Waals surface area contributed by atoms with Crippen LogP contribution in [0.4, 0.5) is 4.79 Å². The number of amides is 1. The molecular formula is C33H36N2O7. The minimum Gasteiger partial charge on any atom is -0.389 e. The van der Waals surface area contributed by atoms with Crippen LogP contribution in [0.25, 0.3) is 0 Å². The number of Topliss-reactive ketones (excluding diaryl/α,β-unsaturated/α-hetero) is 1. The number of benzene rings is 3. The number of hydrogen-bond acceptors (Lipinski definition) is 8. The Bertz CT molecular complexity index is 1350. The predicted molar refractivity (Wildman–Crippen MR) is 155 cm³/mol. The van der Waals surface area contributed by atoms with Gasteiger partial charge in [-0.15, -0.1) is 5.06 Å². The Labute approximate surface area is 245 Å². The predicted octanol–water partition coefficient (Wildman–Crippen LogP) is 4.84. The van der Waals surface area contributed by atoms with Gasteiger partial charge in [0.1, 0.15) is 0 Å². The van der Waals surface area contributed by atoms with Crippen LogP contribution in [0.1, 0.15) is 59.4 Å². The van der Waals surface area contributed by atoms with Gasteiger partial charge in [0, 0.05) is 18.2 Å². The number of likely N-dealkylation sites (tertiary alicyclic amines) is 1. The van der Waals surface area contributed by atoms with Crippen molar-refractivity contribution in [1.82, 2.24) is 9.96 Å². The zero-order valence-corrected chi connectivity index (χ0v) is 23.8. The van der Waals surface area contributed by atoms with Crippen molar-refractivity contribution in [2.75, 3.05) is 6.54 Å². The van der Waals surface area contributed by atoms with Crippen molar-refractivity contribution < 1.29 is 33.9 Å². The second-order valence-electron chi connectivity index (χ2n) is 10.6. The first-order valence-electron chi connectivity index (χ1n) is 14.2. The van der Waals surface area contributed by atoms with E-state index in [0.29, 0.717) is 12.8 Å². The molecule has 1 fully saturated rings. The van der Waals surface area contributed by atoms with Crippen molar-refractivity contribution >= 4 is 23.8 Å². The Morgan fingerprint density at radius 2 is 1.43 bits per heavy atom. The SMILES string of the molecule is CC(C)N(OC(=O)C(=O)c1ccccc1)C(Cc1ccccc1)C(O)C1CCCCN1C(=O)OC(=O)c1ccccc1. The van der Waals surface area contributed by atoms with Crippen LogP contribution in [0.5, 0.6) is 0 Å². The Hall–Kier alpha value is -4.34. The van der Waals surface area contributed by atoms with Crippen LogP contribution < -0.4 is 0 Å². The molecule has 0 aliphatic carbocycles.